The third-order valence-corrected chi connectivity index (χ3v) is 4.75. The van der Waals surface area contributed by atoms with Crippen LogP contribution in [-0.2, 0) is 11.2 Å². The molecule has 0 aromatic carbocycles. The molecule has 0 radical (unpaired) electrons. The molecule has 19 heavy (non-hydrogen) atoms. The van der Waals surface area contributed by atoms with Gasteiger partial charge >= 0.3 is 0 Å². The van der Waals surface area contributed by atoms with Crippen molar-refractivity contribution in [3.63, 3.8) is 0 Å². The number of thiophene rings is 1. The molecule has 1 aromatic heterocycles. The average molecular weight is 283 g/mol. The lowest BCUT2D eigenvalue weighted by Gasteiger charge is -2.40. The van der Waals surface area contributed by atoms with Gasteiger partial charge < -0.3 is 10.1 Å². The first kappa shape index (κ1) is 16.7. The molecule has 0 aliphatic heterocycles. The van der Waals surface area contributed by atoms with E-state index in [1.807, 2.05) is 0 Å². The van der Waals surface area contributed by atoms with Crippen LogP contribution in [0.25, 0.3) is 0 Å². The highest BCUT2D eigenvalue weighted by atomic mass is 32.1. The predicted octanol–water partition coefficient (Wildman–Crippen LogP) is 4.25. The monoisotopic (exact) mass is 283 g/mol. The fraction of sp³-hybridized carbons (Fsp3) is 0.750. The molecule has 0 spiro atoms. The summed E-state index contributed by atoms with van der Waals surface area (Å²) in [6, 6.07) is 2.67. The molecule has 1 heterocycles. The molecule has 1 atom stereocenters. The van der Waals surface area contributed by atoms with Crippen LogP contribution >= 0.6 is 11.3 Å². The maximum absolute atomic E-state index is 6.15. The average Bonchev–Trinajstić information content (AvgIpc) is 2.94. The van der Waals surface area contributed by atoms with Crippen LogP contribution in [0.5, 0.6) is 0 Å². The van der Waals surface area contributed by atoms with Crippen LogP contribution in [0, 0.1) is 0 Å². The summed E-state index contributed by atoms with van der Waals surface area (Å²) >= 11 is 1.78. The normalized spacial score (nSPS) is 13.7. The van der Waals surface area contributed by atoms with Crippen molar-refractivity contribution in [2.75, 3.05) is 13.2 Å². The SMILES string of the molecule is CCNC(CCc1ccsc1)C(CC)(CC)OCC. The van der Waals surface area contributed by atoms with Crippen molar-refractivity contribution in [1.82, 2.24) is 5.32 Å². The third-order valence-electron chi connectivity index (χ3n) is 4.02. The van der Waals surface area contributed by atoms with Gasteiger partial charge in [0.15, 0.2) is 0 Å². The first-order valence-corrected chi connectivity index (χ1v) is 8.55. The number of nitrogens with one attached hydrogen (secondary N) is 1. The van der Waals surface area contributed by atoms with E-state index in [2.05, 4.69) is 49.8 Å². The van der Waals surface area contributed by atoms with Gasteiger partial charge in [-0.1, -0.05) is 20.8 Å². The van der Waals surface area contributed by atoms with Gasteiger partial charge in [-0.05, 0) is 61.5 Å². The predicted molar refractivity (Wildman–Crippen MR) is 85.0 cm³/mol. The molecule has 0 aliphatic carbocycles. The second kappa shape index (κ2) is 8.72. The number of aryl methyl sites for hydroxylation is 1. The van der Waals surface area contributed by atoms with Gasteiger partial charge in [0.25, 0.3) is 0 Å². The summed E-state index contributed by atoms with van der Waals surface area (Å²) in [7, 11) is 0. The number of rotatable bonds is 10. The fourth-order valence-electron chi connectivity index (χ4n) is 2.88. The number of likely N-dealkylation sites (N-methyl/N-ethyl adjacent to an activating group) is 1. The molecule has 0 bridgehead atoms. The van der Waals surface area contributed by atoms with E-state index in [-0.39, 0.29) is 5.60 Å². The summed E-state index contributed by atoms with van der Waals surface area (Å²) in [5.74, 6) is 0. The molecule has 110 valence electrons. The lowest BCUT2D eigenvalue weighted by molar-refractivity contribution is -0.0733. The van der Waals surface area contributed by atoms with Crippen molar-refractivity contribution in [2.24, 2.45) is 0 Å². The minimum Gasteiger partial charge on any atom is -0.374 e. The van der Waals surface area contributed by atoms with E-state index in [1.165, 1.54) is 5.56 Å². The maximum Gasteiger partial charge on any atom is 0.0829 e. The minimum atomic E-state index is -0.0131. The van der Waals surface area contributed by atoms with Gasteiger partial charge in [-0.2, -0.15) is 11.3 Å². The highest BCUT2D eigenvalue weighted by molar-refractivity contribution is 7.07. The Labute approximate surface area is 122 Å². The van der Waals surface area contributed by atoms with Gasteiger partial charge in [0.05, 0.1) is 5.60 Å². The maximum atomic E-state index is 6.15. The van der Waals surface area contributed by atoms with Crippen molar-refractivity contribution in [3.05, 3.63) is 22.4 Å². The Balaban J connectivity index is 2.71. The van der Waals surface area contributed by atoms with Crippen LogP contribution in [0.2, 0.25) is 0 Å². The van der Waals surface area contributed by atoms with E-state index in [0.29, 0.717) is 6.04 Å². The van der Waals surface area contributed by atoms with Gasteiger partial charge in [-0.3, -0.25) is 0 Å². The van der Waals surface area contributed by atoms with Gasteiger partial charge in [0, 0.05) is 12.6 Å². The smallest absolute Gasteiger partial charge is 0.0829 e. The summed E-state index contributed by atoms with van der Waals surface area (Å²) in [6.07, 6.45) is 4.42. The first-order valence-electron chi connectivity index (χ1n) is 7.60. The molecule has 0 saturated carbocycles. The summed E-state index contributed by atoms with van der Waals surface area (Å²) in [5.41, 5.74) is 1.44. The second-order valence-corrected chi connectivity index (χ2v) is 5.77. The minimum absolute atomic E-state index is 0.0131. The first-order chi connectivity index (χ1) is 9.22. The van der Waals surface area contributed by atoms with Crippen LogP contribution in [-0.4, -0.2) is 24.8 Å². The summed E-state index contributed by atoms with van der Waals surface area (Å²) in [4.78, 5) is 0. The molecule has 0 aliphatic rings. The van der Waals surface area contributed by atoms with Gasteiger partial charge in [-0.25, -0.2) is 0 Å². The fourth-order valence-corrected chi connectivity index (χ4v) is 3.58. The van der Waals surface area contributed by atoms with E-state index in [0.717, 1.165) is 38.8 Å². The van der Waals surface area contributed by atoms with E-state index < -0.39 is 0 Å². The second-order valence-electron chi connectivity index (χ2n) is 4.99. The van der Waals surface area contributed by atoms with Crippen LogP contribution in [0.15, 0.2) is 16.8 Å². The highest BCUT2D eigenvalue weighted by Crippen LogP contribution is 2.28. The lowest BCUT2D eigenvalue weighted by Crippen LogP contribution is -2.52. The molecule has 0 saturated heterocycles. The number of ether oxygens (including phenoxy) is 1. The molecule has 1 aromatic rings. The van der Waals surface area contributed by atoms with Crippen LogP contribution < -0.4 is 5.32 Å². The molecular formula is C16H29NOS. The van der Waals surface area contributed by atoms with E-state index in [1.54, 1.807) is 11.3 Å². The van der Waals surface area contributed by atoms with E-state index in [4.69, 9.17) is 4.74 Å². The standard InChI is InChI=1S/C16H29NOS/c1-5-16(6-2,18-8-4)15(17-7-3)10-9-14-11-12-19-13-14/h11-13,15,17H,5-10H2,1-4H3. The van der Waals surface area contributed by atoms with Crippen LogP contribution in [0.3, 0.4) is 0 Å². The molecule has 0 amide bonds. The van der Waals surface area contributed by atoms with Gasteiger partial charge in [-0.15, -0.1) is 0 Å². The lowest BCUT2D eigenvalue weighted by atomic mass is 9.84. The summed E-state index contributed by atoms with van der Waals surface area (Å²) < 4.78 is 6.15. The highest BCUT2D eigenvalue weighted by Gasteiger charge is 2.35. The Kier molecular flexibility index (Phi) is 7.66. The Morgan fingerprint density at radius 2 is 2.00 bits per heavy atom. The van der Waals surface area contributed by atoms with E-state index >= 15 is 0 Å². The Morgan fingerprint density at radius 1 is 1.26 bits per heavy atom. The molecule has 0 fully saturated rings. The molecule has 2 nitrogen and oxygen atoms in total. The van der Waals surface area contributed by atoms with Gasteiger partial charge in [0.1, 0.15) is 0 Å². The molecule has 1 unspecified atom stereocenters. The van der Waals surface area contributed by atoms with Crippen molar-refractivity contribution in [1.29, 1.82) is 0 Å². The zero-order chi connectivity index (χ0) is 14.1. The summed E-state index contributed by atoms with van der Waals surface area (Å²) in [5, 5.41) is 8.06. The van der Waals surface area contributed by atoms with Crippen molar-refractivity contribution in [3.8, 4) is 0 Å². The zero-order valence-corrected chi connectivity index (χ0v) is 13.7. The third kappa shape index (κ3) is 4.59. The Morgan fingerprint density at radius 3 is 2.47 bits per heavy atom. The topological polar surface area (TPSA) is 21.3 Å². The molecule has 1 rings (SSSR count). The largest absolute Gasteiger partial charge is 0.374 e. The zero-order valence-electron chi connectivity index (χ0n) is 12.9. The summed E-state index contributed by atoms with van der Waals surface area (Å²) in [6.45, 7) is 10.6. The van der Waals surface area contributed by atoms with Crippen LogP contribution in [0.1, 0.15) is 52.5 Å². The van der Waals surface area contributed by atoms with E-state index in [9.17, 15) is 0 Å². The van der Waals surface area contributed by atoms with Crippen molar-refractivity contribution >= 4 is 11.3 Å². The Bertz CT molecular complexity index is 319. The van der Waals surface area contributed by atoms with Crippen molar-refractivity contribution in [2.45, 2.75) is 65.0 Å². The van der Waals surface area contributed by atoms with Crippen molar-refractivity contribution < 1.29 is 4.74 Å². The quantitative estimate of drug-likeness (QED) is 0.693. The molecule has 1 N–H and O–H groups in total. The van der Waals surface area contributed by atoms with Gasteiger partial charge in [0.2, 0.25) is 0 Å². The number of hydrogen-bond donors (Lipinski definition) is 1. The Hall–Kier alpha value is -0.380. The molecular weight excluding hydrogens is 254 g/mol. The molecule has 3 heteroatoms. The van der Waals surface area contributed by atoms with Crippen LogP contribution in [0.4, 0.5) is 0 Å². The number of hydrogen-bond acceptors (Lipinski definition) is 3.